The van der Waals surface area contributed by atoms with Crippen LogP contribution in [0, 0.1) is 12.8 Å². The molecule has 5 aromatic carbocycles. The van der Waals surface area contributed by atoms with Crippen LogP contribution >= 0.6 is 0 Å². The molecule has 1 heterocycles. The third kappa shape index (κ3) is 8.53. The molecule has 2 atom stereocenters. The summed E-state index contributed by atoms with van der Waals surface area (Å²) in [5.41, 5.74) is 15.2. The Morgan fingerprint density at radius 1 is 0.538 bits per heavy atom. The second-order valence-corrected chi connectivity index (χ2v) is 13.4. The van der Waals surface area contributed by atoms with Crippen molar-refractivity contribution in [2.45, 2.75) is 46.6 Å². The van der Waals surface area contributed by atoms with Gasteiger partial charge in [-0.15, -0.1) is 0 Å². The Morgan fingerprint density at radius 2 is 1.04 bits per heavy atom. The van der Waals surface area contributed by atoms with Crippen molar-refractivity contribution in [3.05, 3.63) is 199 Å². The summed E-state index contributed by atoms with van der Waals surface area (Å²) in [4.78, 5) is 9.40. The van der Waals surface area contributed by atoms with Crippen LogP contribution in [0.25, 0.3) is 44.5 Å². The van der Waals surface area contributed by atoms with Crippen LogP contribution in [0.1, 0.15) is 50.3 Å². The van der Waals surface area contributed by atoms with Crippen LogP contribution in [0.5, 0.6) is 0 Å². The van der Waals surface area contributed by atoms with E-state index in [-0.39, 0.29) is 6.04 Å². The first-order valence-corrected chi connectivity index (χ1v) is 18.4. The van der Waals surface area contributed by atoms with Crippen LogP contribution in [0.15, 0.2) is 187 Å². The Balaban J connectivity index is 0.000000299. The minimum atomic E-state index is 0.251. The summed E-state index contributed by atoms with van der Waals surface area (Å²) in [6.45, 7) is 13.5. The minimum absolute atomic E-state index is 0.251. The molecular weight excluding hydrogens is 629 g/mol. The molecule has 0 saturated heterocycles. The van der Waals surface area contributed by atoms with Gasteiger partial charge in [0, 0.05) is 18.0 Å². The van der Waals surface area contributed by atoms with Gasteiger partial charge >= 0.3 is 0 Å². The Hall–Kier alpha value is -5.86. The van der Waals surface area contributed by atoms with Crippen LogP contribution in [0.4, 0.5) is 0 Å². The molecule has 1 aliphatic carbocycles. The molecule has 2 nitrogen and oxygen atoms in total. The number of rotatable bonds is 9. The van der Waals surface area contributed by atoms with Crippen LogP contribution in [-0.4, -0.2) is 16.7 Å². The summed E-state index contributed by atoms with van der Waals surface area (Å²) in [7, 11) is 0. The monoisotopic (exact) mass is 676 g/mol. The van der Waals surface area contributed by atoms with Crippen LogP contribution in [0.2, 0.25) is 0 Å². The number of hydrogen-bond donors (Lipinski definition) is 0. The van der Waals surface area contributed by atoms with Gasteiger partial charge < -0.3 is 0 Å². The molecular formula is C50H48N2. The fourth-order valence-electron chi connectivity index (χ4n) is 6.75. The van der Waals surface area contributed by atoms with E-state index in [0.717, 1.165) is 35.3 Å². The maximum absolute atomic E-state index is 5.41. The number of pyridine rings is 1. The Labute approximate surface area is 310 Å². The quantitative estimate of drug-likeness (QED) is 0.150. The lowest BCUT2D eigenvalue weighted by molar-refractivity contribution is 0.435. The highest BCUT2D eigenvalue weighted by Gasteiger charge is 2.24. The first kappa shape index (κ1) is 35.9. The van der Waals surface area contributed by atoms with Crippen molar-refractivity contribution in [1.82, 2.24) is 4.98 Å². The highest BCUT2D eigenvalue weighted by Crippen LogP contribution is 2.39. The van der Waals surface area contributed by atoms with Crippen molar-refractivity contribution in [2.75, 3.05) is 0 Å². The first-order chi connectivity index (χ1) is 25.5. The molecule has 2 heteroatoms. The average molecular weight is 677 g/mol. The molecule has 0 radical (unpaired) electrons. The Bertz CT molecular complexity index is 2170. The zero-order valence-corrected chi connectivity index (χ0v) is 30.8. The van der Waals surface area contributed by atoms with Crippen molar-refractivity contribution in [3.8, 4) is 33.4 Å². The normalized spacial score (nSPS) is 14.5. The van der Waals surface area contributed by atoms with Gasteiger partial charge in [0.15, 0.2) is 0 Å². The maximum atomic E-state index is 5.41. The Morgan fingerprint density at radius 3 is 1.60 bits per heavy atom. The average Bonchev–Trinajstić information content (AvgIpc) is 3.21. The summed E-state index contributed by atoms with van der Waals surface area (Å²) < 4.78 is 0. The molecule has 7 rings (SSSR count). The highest BCUT2D eigenvalue weighted by atomic mass is 14.8. The molecule has 0 N–H and O–H groups in total. The van der Waals surface area contributed by atoms with Crippen molar-refractivity contribution >= 4 is 16.9 Å². The number of benzene rings is 5. The van der Waals surface area contributed by atoms with Gasteiger partial charge in [0.25, 0.3) is 0 Å². The van der Waals surface area contributed by atoms with Gasteiger partial charge in [-0.2, -0.15) is 0 Å². The molecule has 6 aromatic rings. The van der Waals surface area contributed by atoms with E-state index in [1.54, 1.807) is 0 Å². The number of nitrogens with zero attached hydrogens (tertiary/aromatic N) is 2. The van der Waals surface area contributed by atoms with Gasteiger partial charge in [-0.1, -0.05) is 173 Å². The second kappa shape index (κ2) is 17.4. The Kier molecular flexibility index (Phi) is 12.0. The fraction of sp³-hybridized carbons (Fsp3) is 0.160. The molecule has 0 amide bonds. The van der Waals surface area contributed by atoms with Crippen LogP contribution in [-0.2, 0) is 0 Å². The third-order valence-corrected chi connectivity index (χ3v) is 9.89. The summed E-state index contributed by atoms with van der Waals surface area (Å²) in [6, 6.07) is 51.4. The van der Waals surface area contributed by atoms with E-state index in [1.807, 2.05) is 24.5 Å². The SMILES string of the molecule is C=C1C=C(c2ccccc2-c2ccccc2)C=C(c2ccccc2-c2ccccc2)C1=N[C@H](CC)[C@H](C)CC.Cc1ccc(-c2ccncc2)cc1. The lowest BCUT2D eigenvalue weighted by Crippen LogP contribution is -2.19. The van der Waals surface area contributed by atoms with E-state index in [9.17, 15) is 0 Å². The number of aryl methyl sites for hydroxylation is 1. The molecule has 0 fully saturated rings. The molecule has 258 valence electrons. The number of allylic oxidation sites excluding steroid dienone is 5. The van der Waals surface area contributed by atoms with E-state index < -0.39 is 0 Å². The van der Waals surface area contributed by atoms with Crippen molar-refractivity contribution < 1.29 is 0 Å². The van der Waals surface area contributed by atoms with Gasteiger partial charge in [-0.3, -0.25) is 9.98 Å². The van der Waals surface area contributed by atoms with Crippen molar-refractivity contribution in [2.24, 2.45) is 10.9 Å². The number of aliphatic imine (C=N–C) groups is 1. The van der Waals surface area contributed by atoms with Gasteiger partial charge in [0.2, 0.25) is 0 Å². The van der Waals surface area contributed by atoms with E-state index in [0.29, 0.717) is 5.92 Å². The standard InChI is InChI=1S/C38H37N.C12H11N/c1-5-27(3)37(6-2)39-38-28(4)25-31(34-23-14-13-21-32(34)29-17-9-7-10-18-29)26-36(38)35-24-16-15-22-33(35)30-19-11-8-12-20-30;1-10-2-4-11(5-3-10)12-6-8-13-9-7-12/h7-27,37H,4-6H2,1-3H3;2-9H,1H3/t27-,37-;/m1./s1. The highest BCUT2D eigenvalue weighted by molar-refractivity contribution is 6.36. The molecule has 52 heavy (non-hydrogen) atoms. The van der Waals surface area contributed by atoms with Crippen molar-refractivity contribution in [3.63, 3.8) is 0 Å². The van der Waals surface area contributed by atoms with E-state index in [2.05, 4.69) is 185 Å². The fourth-order valence-corrected chi connectivity index (χ4v) is 6.75. The topological polar surface area (TPSA) is 25.2 Å². The molecule has 1 aliphatic rings. The largest absolute Gasteiger partial charge is 0.281 e. The predicted molar refractivity (Wildman–Crippen MR) is 224 cm³/mol. The molecule has 0 spiro atoms. The lowest BCUT2D eigenvalue weighted by Gasteiger charge is -2.25. The van der Waals surface area contributed by atoms with E-state index in [1.165, 1.54) is 50.1 Å². The van der Waals surface area contributed by atoms with Crippen molar-refractivity contribution in [1.29, 1.82) is 0 Å². The second-order valence-electron chi connectivity index (χ2n) is 13.4. The predicted octanol–water partition coefficient (Wildman–Crippen LogP) is 13.4. The molecule has 1 aromatic heterocycles. The number of hydrogen-bond acceptors (Lipinski definition) is 2. The molecule has 0 aliphatic heterocycles. The van der Waals surface area contributed by atoms with Gasteiger partial charge in [-0.05, 0) is 99.2 Å². The molecule has 0 bridgehead atoms. The van der Waals surface area contributed by atoms with E-state index in [4.69, 9.17) is 4.99 Å². The zero-order chi connectivity index (χ0) is 36.3. The van der Waals surface area contributed by atoms with Crippen LogP contribution in [0.3, 0.4) is 0 Å². The third-order valence-electron chi connectivity index (χ3n) is 9.89. The molecule has 0 saturated carbocycles. The van der Waals surface area contributed by atoms with E-state index >= 15 is 0 Å². The first-order valence-electron chi connectivity index (χ1n) is 18.4. The smallest absolute Gasteiger partial charge is 0.0723 e. The lowest BCUT2D eigenvalue weighted by atomic mass is 9.82. The summed E-state index contributed by atoms with van der Waals surface area (Å²) >= 11 is 0. The minimum Gasteiger partial charge on any atom is -0.281 e. The van der Waals surface area contributed by atoms with Crippen LogP contribution < -0.4 is 0 Å². The zero-order valence-electron chi connectivity index (χ0n) is 30.8. The van der Waals surface area contributed by atoms with Gasteiger partial charge in [0.05, 0.1) is 11.8 Å². The summed E-state index contributed by atoms with van der Waals surface area (Å²) in [6.07, 6.45) is 10.3. The van der Waals surface area contributed by atoms with Gasteiger partial charge in [0.1, 0.15) is 0 Å². The summed E-state index contributed by atoms with van der Waals surface area (Å²) in [5.74, 6) is 0.505. The maximum Gasteiger partial charge on any atom is 0.0723 e. The number of aromatic nitrogens is 1. The van der Waals surface area contributed by atoms with Gasteiger partial charge in [-0.25, -0.2) is 0 Å². The summed E-state index contributed by atoms with van der Waals surface area (Å²) in [5, 5.41) is 0. The molecule has 0 unspecified atom stereocenters.